The van der Waals surface area contributed by atoms with E-state index in [1.54, 1.807) is 26.2 Å². The zero-order chi connectivity index (χ0) is 19.4. The molecule has 8 nitrogen and oxygen atoms in total. The molecule has 0 fully saturated rings. The van der Waals surface area contributed by atoms with Crippen LogP contribution in [0, 0.1) is 0 Å². The first kappa shape index (κ1) is 19.7. The van der Waals surface area contributed by atoms with Gasteiger partial charge in [0.1, 0.15) is 10.7 Å². The number of thiophene rings is 1. The molecule has 3 rings (SSSR count). The van der Waals surface area contributed by atoms with E-state index in [2.05, 4.69) is 14.1 Å². The van der Waals surface area contributed by atoms with Crippen molar-refractivity contribution < 1.29 is 22.7 Å². The van der Waals surface area contributed by atoms with Crippen LogP contribution in [0.25, 0.3) is 10.1 Å². The van der Waals surface area contributed by atoms with Crippen LogP contribution < -0.4 is 4.72 Å². The van der Waals surface area contributed by atoms with Gasteiger partial charge in [0.05, 0.1) is 18.1 Å². The second-order valence-corrected chi connectivity index (χ2v) is 8.91. The van der Waals surface area contributed by atoms with Gasteiger partial charge in [0, 0.05) is 29.8 Å². The van der Waals surface area contributed by atoms with Crippen molar-refractivity contribution in [3.05, 3.63) is 35.0 Å². The Morgan fingerprint density at radius 2 is 2.11 bits per heavy atom. The van der Waals surface area contributed by atoms with Gasteiger partial charge in [-0.3, -0.25) is 4.72 Å². The van der Waals surface area contributed by atoms with E-state index in [4.69, 9.17) is 9.47 Å². The van der Waals surface area contributed by atoms with E-state index in [0.717, 1.165) is 16.2 Å². The van der Waals surface area contributed by atoms with Crippen LogP contribution in [0.2, 0.25) is 0 Å². The Hall–Kier alpha value is -2.08. The minimum atomic E-state index is -3.82. The second-order valence-electron chi connectivity index (χ2n) is 5.39. The summed E-state index contributed by atoms with van der Waals surface area (Å²) in [6.07, 6.45) is 0.506. The van der Waals surface area contributed by atoms with E-state index in [1.807, 2.05) is 0 Å². The van der Waals surface area contributed by atoms with E-state index in [-0.39, 0.29) is 16.6 Å². The highest BCUT2D eigenvalue weighted by atomic mass is 32.2. The lowest BCUT2D eigenvalue weighted by Crippen LogP contribution is -2.12. The Balaban J connectivity index is 1.82. The molecule has 0 radical (unpaired) electrons. The molecule has 0 saturated carbocycles. The van der Waals surface area contributed by atoms with E-state index in [1.165, 1.54) is 23.5 Å². The average molecular weight is 428 g/mol. The van der Waals surface area contributed by atoms with Crippen LogP contribution in [0.5, 0.6) is 0 Å². The summed E-state index contributed by atoms with van der Waals surface area (Å²) in [5, 5.41) is 0.850. The molecule has 0 unspecified atom stereocenters. The van der Waals surface area contributed by atoms with Crippen molar-refractivity contribution in [2.75, 3.05) is 25.0 Å². The van der Waals surface area contributed by atoms with Crippen molar-refractivity contribution in [1.82, 2.24) is 9.36 Å². The first-order valence-electron chi connectivity index (χ1n) is 7.98. The maximum absolute atomic E-state index is 12.6. The zero-order valence-electron chi connectivity index (χ0n) is 14.6. The number of benzene rings is 1. The average Bonchev–Trinajstić information content (AvgIpc) is 3.25. The minimum Gasteiger partial charge on any atom is -0.462 e. The molecule has 11 heteroatoms. The summed E-state index contributed by atoms with van der Waals surface area (Å²) in [6, 6.07) is 6.30. The smallest absolute Gasteiger partial charge is 0.348 e. The normalized spacial score (nSPS) is 11.6. The van der Waals surface area contributed by atoms with E-state index >= 15 is 0 Å². The van der Waals surface area contributed by atoms with Gasteiger partial charge in [0.2, 0.25) is 5.13 Å². The van der Waals surface area contributed by atoms with Crippen molar-refractivity contribution in [3.63, 3.8) is 0 Å². The van der Waals surface area contributed by atoms with Crippen molar-refractivity contribution >= 4 is 54.1 Å². The van der Waals surface area contributed by atoms with Crippen molar-refractivity contribution in [2.24, 2.45) is 0 Å². The van der Waals surface area contributed by atoms with Crippen molar-refractivity contribution in [3.8, 4) is 0 Å². The highest BCUT2D eigenvalue weighted by molar-refractivity contribution is 7.93. The van der Waals surface area contributed by atoms with Crippen LogP contribution in [0.1, 0.15) is 22.4 Å². The Labute approximate surface area is 164 Å². The summed E-state index contributed by atoms with van der Waals surface area (Å²) in [7, 11) is -2.24. The Morgan fingerprint density at radius 3 is 2.85 bits per heavy atom. The molecule has 0 bridgehead atoms. The highest BCUT2D eigenvalue weighted by Crippen LogP contribution is 2.29. The first-order valence-corrected chi connectivity index (χ1v) is 11.1. The van der Waals surface area contributed by atoms with E-state index in [0.29, 0.717) is 29.1 Å². The van der Waals surface area contributed by atoms with Crippen molar-refractivity contribution in [2.45, 2.75) is 18.2 Å². The van der Waals surface area contributed by atoms with Gasteiger partial charge >= 0.3 is 5.97 Å². The van der Waals surface area contributed by atoms with E-state index in [9.17, 15) is 13.2 Å². The number of hydrogen-bond donors (Lipinski definition) is 1. The molecule has 0 aliphatic rings. The molecule has 0 aliphatic heterocycles. The number of fused-ring (bicyclic) bond motifs is 1. The number of carbonyl (C=O) groups excluding carboxylic acids is 1. The summed E-state index contributed by atoms with van der Waals surface area (Å²) in [6.45, 7) is 2.47. The predicted octanol–water partition coefficient (Wildman–Crippen LogP) is 2.92. The Kier molecular flexibility index (Phi) is 6.05. The monoisotopic (exact) mass is 427 g/mol. The molecular weight excluding hydrogens is 410 g/mol. The van der Waals surface area contributed by atoms with Crippen LogP contribution in [0.4, 0.5) is 5.13 Å². The molecule has 0 amide bonds. The Morgan fingerprint density at radius 1 is 1.30 bits per heavy atom. The number of rotatable bonds is 8. The van der Waals surface area contributed by atoms with Gasteiger partial charge in [-0.2, -0.15) is 4.37 Å². The fraction of sp³-hybridized carbons (Fsp3) is 0.312. The quantitative estimate of drug-likeness (QED) is 0.551. The third-order valence-electron chi connectivity index (χ3n) is 3.49. The van der Waals surface area contributed by atoms with Crippen LogP contribution in [-0.4, -0.2) is 44.1 Å². The third-order valence-corrected chi connectivity index (χ3v) is 6.72. The predicted molar refractivity (Wildman–Crippen MR) is 104 cm³/mol. The first-order chi connectivity index (χ1) is 12.9. The maximum atomic E-state index is 12.6. The molecule has 2 aromatic heterocycles. The standard InChI is InChI=1S/C16H17N3O5S3/c1-3-24-15(20)13-9-10-8-11(4-5-12(10)25-13)27(21,22)19-16-17-14(18-26-16)6-7-23-2/h4-5,8-9H,3,6-7H2,1-2H3,(H,17,18,19). The molecular formula is C16H17N3O5S3. The number of anilines is 1. The van der Waals surface area contributed by atoms with Gasteiger partial charge in [-0.25, -0.2) is 18.2 Å². The molecule has 0 aliphatic carbocycles. The molecule has 0 atom stereocenters. The minimum absolute atomic E-state index is 0.0804. The number of nitrogens with one attached hydrogen (secondary N) is 1. The number of methoxy groups -OCH3 is 1. The number of carbonyl (C=O) groups is 1. The molecule has 144 valence electrons. The second kappa shape index (κ2) is 8.30. The molecule has 0 saturated heterocycles. The van der Waals surface area contributed by atoms with E-state index < -0.39 is 16.0 Å². The molecule has 2 heterocycles. The fourth-order valence-corrected chi connectivity index (χ4v) is 5.06. The van der Waals surface area contributed by atoms with Gasteiger partial charge in [-0.15, -0.1) is 11.3 Å². The summed E-state index contributed by atoms with van der Waals surface area (Å²) >= 11 is 2.23. The van der Waals surface area contributed by atoms with Crippen LogP contribution >= 0.6 is 22.9 Å². The van der Waals surface area contributed by atoms with Crippen LogP contribution in [0.15, 0.2) is 29.2 Å². The van der Waals surface area contributed by atoms with Gasteiger partial charge < -0.3 is 9.47 Å². The molecule has 1 aromatic carbocycles. The maximum Gasteiger partial charge on any atom is 0.348 e. The number of aromatic nitrogens is 2. The SMILES string of the molecule is CCOC(=O)c1cc2cc(S(=O)(=O)Nc3nc(CCOC)ns3)ccc2s1. The summed E-state index contributed by atoms with van der Waals surface area (Å²) in [4.78, 5) is 16.5. The number of ether oxygens (including phenoxy) is 2. The lowest BCUT2D eigenvalue weighted by atomic mass is 10.2. The molecule has 0 spiro atoms. The number of esters is 1. The largest absolute Gasteiger partial charge is 0.462 e. The zero-order valence-corrected chi connectivity index (χ0v) is 17.0. The topological polar surface area (TPSA) is 107 Å². The lowest BCUT2D eigenvalue weighted by Gasteiger charge is -2.04. The number of sulfonamides is 1. The molecule has 27 heavy (non-hydrogen) atoms. The van der Waals surface area contributed by atoms with Gasteiger partial charge in [-0.1, -0.05) is 0 Å². The summed E-state index contributed by atoms with van der Waals surface area (Å²) in [5.41, 5.74) is 0. The number of hydrogen-bond acceptors (Lipinski definition) is 9. The number of nitrogens with zero attached hydrogens (tertiary/aromatic N) is 2. The Bertz CT molecular complexity index is 1060. The molecule has 3 aromatic rings. The third kappa shape index (κ3) is 4.61. The van der Waals surface area contributed by atoms with Crippen LogP contribution in [0.3, 0.4) is 0 Å². The van der Waals surface area contributed by atoms with Gasteiger partial charge in [0.25, 0.3) is 10.0 Å². The van der Waals surface area contributed by atoms with Gasteiger partial charge in [0.15, 0.2) is 0 Å². The summed E-state index contributed by atoms with van der Waals surface area (Å²) in [5.74, 6) is 0.102. The van der Waals surface area contributed by atoms with Crippen LogP contribution in [-0.2, 0) is 25.9 Å². The van der Waals surface area contributed by atoms with Gasteiger partial charge in [-0.05, 0) is 36.6 Å². The fourth-order valence-electron chi connectivity index (χ4n) is 2.26. The molecule has 1 N–H and O–H groups in total. The highest BCUT2D eigenvalue weighted by Gasteiger charge is 2.19. The summed E-state index contributed by atoms with van der Waals surface area (Å²) < 4.78 is 42.5. The lowest BCUT2D eigenvalue weighted by molar-refractivity contribution is 0.0532. The van der Waals surface area contributed by atoms with Crippen molar-refractivity contribution in [1.29, 1.82) is 0 Å².